The van der Waals surface area contributed by atoms with E-state index in [9.17, 15) is 13.2 Å². The average Bonchev–Trinajstić information content (AvgIpc) is 2.15. The van der Waals surface area contributed by atoms with Crippen molar-refractivity contribution >= 4 is 25.6 Å². The third-order valence-corrected chi connectivity index (χ3v) is 2.82. The van der Waals surface area contributed by atoms with Crippen molar-refractivity contribution < 1.29 is 13.2 Å². The number of hydrogen-bond donors (Lipinski definition) is 1. The summed E-state index contributed by atoms with van der Waals surface area (Å²) in [6, 6.07) is 2.51. The first kappa shape index (κ1) is 10.9. The van der Waals surface area contributed by atoms with Gasteiger partial charge < -0.3 is 5.32 Å². The number of halogens is 1. The number of pyridine rings is 1. The van der Waals surface area contributed by atoms with E-state index >= 15 is 0 Å². The van der Waals surface area contributed by atoms with Gasteiger partial charge >= 0.3 is 0 Å². The topological polar surface area (TPSA) is 76.1 Å². The van der Waals surface area contributed by atoms with Crippen LogP contribution in [0.15, 0.2) is 23.2 Å². The fourth-order valence-electron chi connectivity index (χ4n) is 0.787. The molecular weight excluding hydrogens is 228 g/mol. The van der Waals surface area contributed by atoms with Crippen molar-refractivity contribution in [2.45, 2.75) is 4.90 Å². The van der Waals surface area contributed by atoms with E-state index in [1.54, 1.807) is 0 Å². The Kier molecular flexibility index (Phi) is 3.07. The highest BCUT2D eigenvalue weighted by atomic mass is 35.7. The van der Waals surface area contributed by atoms with Crippen LogP contribution in [-0.2, 0) is 9.05 Å². The maximum absolute atomic E-state index is 11.0. The average molecular weight is 235 g/mol. The number of carbonyl (C=O) groups excluding carboxylic acids is 1. The molecule has 0 radical (unpaired) electrons. The van der Waals surface area contributed by atoms with Crippen LogP contribution in [0.2, 0.25) is 0 Å². The molecule has 0 spiro atoms. The van der Waals surface area contributed by atoms with Crippen LogP contribution in [0.3, 0.4) is 0 Å². The van der Waals surface area contributed by atoms with Gasteiger partial charge in [0.25, 0.3) is 15.0 Å². The minimum Gasteiger partial charge on any atom is -0.354 e. The van der Waals surface area contributed by atoms with Gasteiger partial charge in [-0.05, 0) is 12.1 Å². The maximum atomic E-state index is 11.0. The molecule has 0 saturated carbocycles. The molecule has 0 aliphatic rings. The lowest BCUT2D eigenvalue weighted by atomic mass is 10.3. The number of aromatic nitrogens is 1. The van der Waals surface area contributed by atoms with Crippen molar-refractivity contribution in [3.63, 3.8) is 0 Å². The Balaban J connectivity index is 3.07. The summed E-state index contributed by atoms with van der Waals surface area (Å²) >= 11 is 0. The van der Waals surface area contributed by atoms with E-state index in [-0.39, 0.29) is 16.5 Å². The molecule has 0 atom stereocenters. The van der Waals surface area contributed by atoms with E-state index < -0.39 is 9.05 Å². The van der Waals surface area contributed by atoms with Crippen molar-refractivity contribution in [2.24, 2.45) is 0 Å². The van der Waals surface area contributed by atoms with Gasteiger partial charge in [0.2, 0.25) is 0 Å². The second kappa shape index (κ2) is 3.93. The fourth-order valence-corrected chi connectivity index (χ4v) is 1.47. The van der Waals surface area contributed by atoms with Crippen LogP contribution in [0, 0.1) is 0 Å². The van der Waals surface area contributed by atoms with Crippen LogP contribution in [0.4, 0.5) is 0 Å². The monoisotopic (exact) mass is 234 g/mol. The maximum Gasteiger partial charge on any atom is 0.269 e. The molecule has 1 N–H and O–H groups in total. The summed E-state index contributed by atoms with van der Waals surface area (Å²) in [6.45, 7) is 0. The molecule has 5 nitrogen and oxygen atoms in total. The van der Waals surface area contributed by atoms with E-state index in [4.69, 9.17) is 10.7 Å². The van der Waals surface area contributed by atoms with Crippen molar-refractivity contribution in [3.05, 3.63) is 24.0 Å². The van der Waals surface area contributed by atoms with Crippen LogP contribution < -0.4 is 5.32 Å². The molecule has 0 aliphatic carbocycles. The molecule has 1 heterocycles. The molecule has 1 amide bonds. The minimum absolute atomic E-state index is 0.133. The van der Waals surface area contributed by atoms with E-state index in [1.807, 2.05) is 0 Å². The fraction of sp³-hybridized carbons (Fsp3) is 0.143. The molecule has 0 unspecified atom stereocenters. The SMILES string of the molecule is CNC(=O)c1ccc(S(=O)(=O)Cl)cn1. The molecule has 0 aliphatic heterocycles. The van der Waals surface area contributed by atoms with Gasteiger partial charge in [0, 0.05) is 23.9 Å². The van der Waals surface area contributed by atoms with Crippen molar-refractivity contribution in [3.8, 4) is 0 Å². The lowest BCUT2D eigenvalue weighted by Gasteiger charge is -1.99. The first-order valence-electron chi connectivity index (χ1n) is 3.58. The van der Waals surface area contributed by atoms with Crippen molar-refractivity contribution in [1.82, 2.24) is 10.3 Å². The molecular formula is C7H7ClN2O3S. The van der Waals surface area contributed by atoms with Gasteiger partial charge in [0.05, 0.1) is 0 Å². The third kappa shape index (κ3) is 2.43. The number of hydrogen-bond acceptors (Lipinski definition) is 4. The Morgan fingerprint density at radius 3 is 2.50 bits per heavy atom. The van der Waals surface area contributed by atoms with Crippen LogP contribution in [0.25, 0.3) is 0 Å². The predicted molar refractivity (Wildman–Crippen MR) is 50.7 cm³/mol. The molecule has 0 aromatic carbocycles. The van der Waals surface area contributed by atoms with Crippen LogP contribution in [-0.4, -0.2) is 26.4 Å². The summed E-state index contributed by atoms with van der Waals surface area (Å²) in [7, 11) is 2.74. The molecule has 0 fully saturated rings. The van der Waals surface area contributed by atoms with Crippen LogP contribution >= 0.6 is 10.7 Å². The van der Waals surface area contributed by atoms with Gasteiger partial charge in [0.15, 0.2) is 0 Å². The highest BCUT2D eigenvalue weighted by Crippen LogP contribution is 2.13. The summed E-state index contributed by atoms with van der Waals surface area (Å²) in [4.78, 5) is 14.5. The molecule has 1 aromatic heterocycles. The van der Waals surface area contributed by atoms with Crippen molar-refractivity contribution in [1.29, 1.82) is 0 Å². The van der Waals surface area contributed by atoms with Gasteiger partial charge in [0.1, 0.15) is 10.6 Å². The zero-order valence-electron chi connectivity index (χ0n) is 7.19. The number of amides is 1. The summed E-state index contributed by atoms with van der Waals surface area (Å²) in [5, 5.41) is 2.36. The second-order valence-electron chi connectivity index (χ2n) is 2.40. The number of nitrogens with one attached hydrogen (secondary N) is 1. The normalized spacial score (nSPS) is 11.0. The number of rotatable bonds is 2. The van der Waals surface area contributed by atoms with Gasteiger partial charge in [-0.3, -0.25) is 4.79 Å². The van der Waals surface area contributed by atoms with E-state index in [1.165, 1.54) is 19.2 Å². The summed E-state index contributed by atoms with van der Waals surface area (Å²) in [5.41, 5.74) is 0.136. The summed E-state index contributed by atoms with van der Waals surface area (Å²) in [5.74, 6) is -0.386. The Morgan fingerprint density at radius 2 is 2.14 bits per heavy atom. The molecule has 0 bridgehead atoms. The van der Waals surface area contributed by atoms with Gasteiger partial charge in [-0.2, -0.15) is 0 Å². The van der Waals surface area contributed by atoms with Gasteiger partial charge in [-0.1, -0.05) is 0 Å². The predicted octanol–water partition coefficient (Wildman–Crippen LogP) is 0.369. The Labute approximate surface area is 85.5 Å². The zero-order chi connectivity index (χ0) is 10.8. The smallest absolute Gasteiger partial charge is 0.269 e. The first-order chi connectivity index (χ1) is 6.45. The van der Waals surface area contributed by atoms with Crippen LogP contribution in [0.5, 0.6) is 0 Å². The molecule has 0 saturated heterocycles. The molecule has 1 aromatic rings. The lowest BCUT2D eigenvalue weighted by Crippen LogP contribution is -2.19. The van der Waals surface area contributed by atoms with E-state index in [2.05, 4.69) is 10.3 Å². The van der Waals surface area contributed by atoms with Crippen LogP contribution in [0.1, 0.15) is 10.5 Å². The molecule has 76 valence electrons. The highest BCUT2D eigenvalue weighted by Gasteiger charge is 2.11. The van der Waals surface area contributed by atoms with E-state index in [0.717, 1.165) is 6.20 Å². The Bertz CT molecular complexity index is 441. The van der Waals surface area contributed by atoms with Gasteiger partial charge in [-0.15, -0.1) is 0 Å². The second-order valence-corrected chi connectivity index (χ2v) is 4.96. The number of carbonyl (C=O) groups is 1. The Hall–Kier alpha value is -1.14. The first-order valence-corrected chi connectivity index (χ1v) is 5.89. The standard InChI is InChI=1S/C7H7ClN2O3S/c1-9-7(11)6-3-2-5(4-10-6)14(8,12)13/h2-4H,1H3,(H,9,11). The van der Waals surface area contributed by atoms with Crippen molar-refractivity contribution in [2.75, 3.05) is 7.05 Å². The Morgan fingerprint density at radius 1 is 1.50 bits per heavy atom. The summed E-state index contributed by atoms with van der Waals surface area (Å²) < 4.78 is 21.6. The van der Waals surface area contributed by atoms with Gasteiger partial charge in [-0.25, -0.2) is 13.4 Å². The zero-order valence-corrected chi connectivity index (χ0v) is 8.76. The number of nitrogens with zero attached hydrogens (tertiary/aromatic N) is 1. The third-order valence-electron chi connectivity index (χ3n) is 1.48. The molecule has 7 heteroatoms. The lowest BCUT2D eigenvalue weighted by molar-refractivity contribution is 0.0958. The molecule has 14 heavy (non-hydrogen) atoms. The quantitative estimate of drug-likeness (QED) is 0.750. The summed E-state index contributed by atoms with van der Waals surface area (Å²) in [6.07, 6.45) is 1.03. The highest BCUT2D eigenvalue weighted by molar-refractivity contribution is 8.13. The largest absolute Gasteiger partial charge is 0.354 e. The minimum atomic E-state index is -3.77. The molecule has 1 rings (SSSR count). The van der Waals surface area contributed by atoms with E-state index in [0.29, 0.717) is 0 Å².